The van der Waals surface area contributed by atoms with Crippen LogP contribution in [0.15, 0.2) is 91.0 Å². The molecule has 3 aromatic carbocycles. The Bertz CT molecular complexity index is 905. The SMILES string of the molecule is Cc1ccc(C(=O)/C=C(\C(=O)c2ccccc2)c2ccccc2)cc1. The van der Waals surface area contributed by atoms with Gasteiger partial charge in [0, 0.05) is 16.7 Å². The van der Waals surface area contributed by atoms with Crippen LogP contribution in [0.1, 0.15) is 31.8 Å². The quantitative estimate of drug-likeness (QED) is 0.480. The van der Waals surface area contributed by atoms with Gasteiger partial charge < -0.3 is 0 Å². The maximum atomic E-state index is 12.9. The molecule has 0 saturated carbocycles. The zero-order valence-corrected chi connectivity index (χ0v) is 14.0. The zero-order chi connectivity index (χ0) is 17.6. The molecule has 0 aliphatic heterocycles. The molecule has 0 N–H and O–H groups in total. The Labute approximate surface area is 147 Å². The van der Waals surface area contributed by atoms with E-state index in [0.29, 0.717) is 16.7 Å². The van der Waals surface area contributed by atoms with Crippen molar-refractivity contribution < 1.29 is 9.59 Å². The van der Waals surface area contributed by atoms with E-state index in [2.05, 4.69) is 0 Å². The first kappa shape index (κ1) is 16.6. The fourth-order valence-electron chi connectivity index (χ4n) is 2.57. The number of aryl methyl sites for hydroxylation is 1. The van der Waals surface area contributed by atoms with Crippen molar-refractivity contribution in [2.75, 3.05) is 0 Å². The van der Waals surface area contributed by atoms with Crippen molar-refractivity contribution in [1.82, 2.24) is 0 Å². The van der Waals surface area contributed by atoms with Gasteiger partial charge in [0.05, 0.1) is 0 Å². The lowest BCUT2D eigenvalue weighted by Gasteiger charge is -2.08. The van der Waals surface area contributed by atoms with Crippen LogP contribution < -0.4 is 0 Å². The van der Waals surface area contributed by atoms with Crippen LogP contribution in [0.2, 0.25) is 0 Å². The number of hydrogen-bond acceptors (Lipinski definition) is 2. The van der Waals surface area contributed by atoms with Gasteiger partial charge in [-0.05, 0) is 18.6 Å². The van der Waals surface area contributed by atoms with Gasteiger partial charge in [0.2, 0.25) is 0 Å². The van der Waals surface area contributed by atoms with E-state index in [1.165, 1.54) is 6.08 Å². The molecule has 2 nitrogen and oxygen atoms in total. The number of benzene rings is 3. The second-order valence-electron chi connectivity index (χ2n) is 5.85. The molecule has 0 heterocycles. The first-order chi connectivity index (χ1) is 12.1. The Morgan fingerprint density at radius 3 is 1.72 bits per heavy atom. The molecule has 122 valence electrons. The summed E-state index contributed by atoms with van der Waals surface area (Å²) in [6.45, 7) is 1.97. The van der Waals surface area contributed by atoms with Gasteiger partial charge >= 0.3 is 0 Å². The summed E-state index contributed by atoms with van der Waals surface area (Å²) < 4.78 is 0. The summed E-state index contributed by atoms with van der Waals surface area (Å²) in [5.41, 5.74) is 3.35. The van der Waals surface area contributed by atoms with Gasteiger partial charge in [-0.2, -0.15) is 0 Å². The van der Waals surface area contributed by atoms with Crippen molar-refractivity contribution in [2.24, 2.45) is 0 Å². The smallest absolute Gasteiger partial charge is 0.193 e. The Morgan fingerprint density at radius 1 is 0.640 bits per heavy atom. The third-order valence-electron chi connectivity index (χ3n) is 3.98. The molecule has 3 rings (SSSR count). The average molecular weight is 326 g/mol. The van der Waals surface area contributed by atoms with Crippen LogP contribution in [0.4, 0.5) is 0 Å². The average Bonchev–Trinajstić information content (AvgIpc) is 2.67. The maximum Gasteiger partial charge on any atom is 0.193 e. The first-order valence-electron chi connectivity index (χ1n) is 8.13. The number of rotatable bonds is 5. The Hall–Kier alpha value is -3.26. The molecule has 0 atom stereocenters. The molecule has 0 bridgehead atoms. The van der Waals surface area contributed by atoms with Gasteiger partial charge in [-0.25, -0.2) is 0 Å². The van der Waals surface area contributed by atoms with E-state index in [4.69, 9.17) is 0 Å². The predicted octanol–water partition coefficient (Wildman–Crippen LogP) is 5.14. The van der Waals surface area contributed by atoms with E-state index in [0.717, 1.165) is 11.1 Å². The summed E-state index contributed by atoms with van der Waals surface area (Å²) in [7, 11) is 0. The summed E-state index contributed by atoms with van der Waals surface area (Å²) in [5, 5.41) is 0. The zero-order valence-electron chi connectivity index (χ0n) is 14.0. The second kappa shape index (κ2) is 7.54. The van der Waals surface area contributed by atoms with Crippen molar-refractivity contribution >= 4 is 17.1 Å². The summed E-state index contributed by atoms with van der Waals surface area (Å²) in [4.78, 5) is 25.6. The van der Waals surface area contributed by atoms with Crippen LogP contribution in [0.3, 0.4) is 0 Å². The largest absolute Gasteiger partial charge is 0.289 e. The third kappa shape index (κ3) is 3.99. The van der Waals surface area contributed by atoms with Crippen molar-refractivity contribution in [3.05, 3.63) is 113 Å². The van der Waals surface area contributed by atoms with Crippen LogP contribution in [0.25, 0.3) is 5.57 Å². The minimum atomic E-state index is -0.178. The third-order valence-corrected chi connectivity index (χ3v) is 3.98. The number of carbonyl (C=O) groups excluding carboxylic acids is 2. The van der Waals surface area contributed by atoms with Crippen molar-refractivity contribution in [3.63, 3.8) is 0 Å². The van der Waals surface area contributed by atoms with Crippen LogP contribution in [0.5, 0.6) is 0 Å². The monoisotopic (exact) mass is 326 g/mol. The standard InChI is InChI=1S/C23H18O2/c1-17-12-14-19(15-13-17)22(24)16-21(18-8-4-2-5-9-18)23(25)20-10-6-3-7-11-20/h2-16H,1H3/b21-16-. The molecule has 2 heteroatoms. The lowest BCUT2D eigenvalue weighted by Crippen LogP contribution is -2.06. The van der Waals surface area contributed by atoms with Gasteiger partial charge in [-0.15, -0.1) is 0 Å². The van der Waals surface area contributed by atoms with Gasteiger partial charge in [-0.1, -0.05) is 90.5 Å². The molecule has 0 fully saturated rings. The van der Waals surface area contributed by atoms with Crippen LogP contribution >= 0.6 is 0 Å². The Balaban J connectivity index is 2.03. The number of carbonyl (C=O) groups is 2. The minimum Gasteiger partial charge on any atom is -0.289 e. The van der Waals surface area contributed by atoms with E-state index in [1.807, 2.05) is 67.6 Å². The fraction of sp³-hybridized carbons (Fsp3) is 0.0435. The van der Waals surface area contributed by atoms with Gasteiger partial charge in [-0.3, -0.25) is 9.59 Å². The van der Waals surface area contributed by atoms with E-state index >= 15 is 0 Å². The van der Waals surface area contributed by atoms with E-state index in [9.17, 15) is 9.59 Å². The molecule has 0 saturated heterocycles. The first-order valence-corrected chi connectivity index (χ1v) is 8.13. The minimum absolute atomic E-state index is 0.160. The normalized spacial score (nSPS) is 11.2. The molecular weight excluding hydrogens is 308 g/mol. The van der Waals surface area contributed by atoms with Crippen LogP contribution in [0, 0.1) is 6.92 Å². The highest BCUT2D eigenvalue weighted by Crippen LogP contribution is 2.21. The molecule has 0 unspecified atom stereocenters. The predicted molar refractivity (Wildman–Crippen MR) is 101 cm³/mol. The Kier molecular flexibility index (Phi) is 5.00. The number of ketones is 2. The number of hydrogen-bond donors (Lipinski definition) is 0. The summed E-state index contributed by atoms with van der Waals surface area (Å²) in [5.74, 6) is -0.338. The molecule has 0 aliphatic rings. The lowest BCUT2D eigenvalue weighted by molar-refractivity contribution is 0.102. The lowest BCUT2D eigenvalue weighted by atomic mass is 9.94. The highest BCUT2D eigenvalue weighted by atomic mass is 16.1. The van der Waals surface area contributed by atoms with Crippen molar-refractivity contribution in [2.45, 2.75) is 6.92 Å². The molecule has 0 spiro atoms. The van der Waals surface area contributed by atoms with E-state index < -0.39 is 0 Å². The van der Waals surface area contributed by atoms with Crippen molar-refractivity contribution in [3.8, 4) is 0 Å². The fourth-order valence-corrected chi connectivity index (χ4v) is 2.57. The summed E-state index contributed by atoms with van der Waals surface area (Å²) >= 11 is 0. The van der Waals surface area contributed by atoms with Crippen LogP contribution in [-0.2, 0) is 0 Å². The molecular formula is C23H18O2. The molecule has 0 radical (unpaired) electrons. The number of Topliss-reactive ketones (excluding diaryl/α,β-unsaturated/α-hetero) is 1. The summed E-state index contributed by atoms with van der Waals surface area (Å²) in [6, 6.07) is 25.6. The second-order valence-corrected chi connectivity index (χ2v) is 5.85. The van der Waals surface area contributed by atoms with Crippen LogP contribution in [-0.4, -0.2) is 11.6 Å². The number of allylic oxidation sites excluding steroid dienone is 2. The van der Waals surface area contributed by atoms with Crippen molar-refractivity contribution in [1.29, 1.82) is 0 Å². The summed E-state index contributed by atoms with van der Waals surface area (Å²) in [6.07, 6.45) is 1.44. The molecule has 0 aliphatic carbocycles. The van der Waals surface area contributed by atoms with E-state index in [1.54, 1.807) is 24.3 Å². The molecule has 0 aromatic heterocycles. The molecule has 0 amide bonds. The highest BCUT2D eigenvalue weighted by molar-refractivity contribution is 6.32. The maximum absolute atomic E-state index is 12.9. The highest BCUT2D eigenvalue weighted by Gasteiger charge is 2.16. The van der Waals surface area contributed by atoms with Gasteiger partial charge in [0.25, 0.3) is 0 Å². The Morgan fingerprint density at radius 2 is 1.16 bits per heavy atom. The topological polar surface area (TPSA) is 34.1 Å². The molecule has 25 heavy (non-hydrogen) atoms. The van der Waals surface area contributed by atoms with Gasteiger partial charge in [0.1, 0.15) is 0 Å². The van der Waals surface area contributed by atoms with E-state index in [-0.39, 0.29) is 11.6 Å². The molecule has 3 aromatic rings. The van der Waals surface area contributed by atoms with Gasteiger partial charge in [0.15, 0.2) is 11.6 Å².